The number of carbonyl (C=O) groups excluding carboxylic acids is 1. The van der Waals surface area contributed by atoms with Crippen molar-refractivity contribution >= 4 is 27.3 Å². The van der Waals surface area contributed by atoms with Gasteiger partial charge in [-0.1, -0.05) is 0 Å². The first-order valence-corrected chi connectivity index (χ1v) is 8.52. The van der Waals surface area contributed by atoms with Gasteiger partial charge in [-0.3, -0.25) is 0 Å². The zero-order valence-corrected chi connectivity index (χ0v) is 13.2. The molecule has 2 unspecified atom stereocenters. The van der Waals surface area contributed by atoms with Crippen LogP contribution < -0.4 is 4.72 Å². The van der Waals surface area contributed by atoms with E-state index in [-0.39, 0.29) is 16.4 Å². The minimum absolute atomic E-state index is 0.199. The number of methoxy groups -OCH3 is 1. The summed E-state index contributed by atoms with van der Waals surface area (Å²) < 4.78 is 36.3. The highest BCUT2D eigenvalue weighted by molar-refractivity contribution is 7.91. The van der Waals surface area contributed by atoms with E-state index in [1.54, 1.807) is 6.92 Å². The van der Waals surface area contributed by atoms with Crippen molar-refractivity contribution < 1.29 is 27.8 Å². The Labute approximate surface area is 126 Å². The quantitative estimate of drug-likeness (QED) is 0.712. The highest BCUT2D eigenvalue weighted by Crippen LogP contribution is 2.26. The summed E-state index contributed by atoms with van der Waals surface area (Å²) in [5.41, 5.74) is -0.280. The minimum Gasteiger partial charge on any atom is -0.464 e. The van der Waals surface area contributed by atoms with Gasteiger partial charge < -0.3 is 14.6 Å². The van der Waals surface area contributed by atoms with Crippen LogP contribution in [0, 0.1) is 0 Å². The molecule has 0 spiro atoms. The average Bonchev–Trinajstić information content (AvgIpc) is 3.05. The molecule has 2 heterocycles. The topological polar surface area (TPSA) is 115 Å². The number of hydrogen-bond acceptors (Lipinski definition) is 8. The fourth-order valence-electron chi connectivity index (χ4n) is 1.95. The lowest BCUT2D eigenvalue weighted by Crippen LogP contribution is -2.47. The maximum atomic E-state index is 12.2. The monoisotopic (exact) mass is 336 g/mol. The Bertz CT molecular complexity index is 628. The zero-order valence-electron chi connectivity index (χ0n) is 11.5. The van der Waals surface area contributed by atoms with Gasteiger partial charge in [0.25, 0.3) is 10.0 Å². The zero-order chi connectivity index (χ0) is 15.7. The van der Waals surface area contributed by atoms with Crippen LogP contribution in [0.2, 0.25) is 0 Å². The van der Waals surface area contributed by atoms with Crippen LogP contribution in [0.4, 0.5) is 0 Å². The maximum absolute atomic E-state index is 12.2. The molecule has 1 fully saturated rings. The van der Waals surface area contributed by atoms with E-state index in [0.29, 0.717) is 13.0 Å². The first kappa shape index (κ1) is 16.3. The van der Waals surface area contributed by atoms with Crippen LogP contribution in [-0.4, -0.2) is 56.4 Å². The molecule has 0 aliphatic carbocycles. The lowest BCUT2D eigenvalue weighted by molar-refractivity contribution is -0.0228. The van der Waals surface area contributed by atoms with Gasteiger partial charge in [-0.2, -0.15) is 0 Å². The van der Waals surface area contributed by atoms with Gasteiger partial charge in [-0.25, -0.2) is 22.9 Å². The number of aromatic nitrogens is 1. The van der Waals surface area contributed by atoms with Crippen LogP contribution in [0.3, 0.4) is 0 Å². The van der Waals surface area contributed by atoms with E-state index >= 15 is 0 Å². The summed E-state index contributed by atoms with van der Waals surface area (Å²) in [4.78, 5) is 15.2. The molecule has 2 N–H and O–H groups in total. The van der Waals surface area contributed by atoms with Gasteiger partial charge in [0.15, 0.2) is 9.90 Å². The summed E-state index contributed by atoms with van der Waals surface area (Å²) in [7, 11) is -2.82. The Kier molecular flexibility index (Phi) is 4.63. The summed E-state index contributed by atoms with van der Waals surface area (Å²) in [5.74, 6) is -0.826. The maximum Gasteiger partial charge on any atom is 0.358 e. The van der Waals surface area contributed by atoms with Crippen LogP contribution in [0.15, 0.2) is 9.72 Å². The second-order valence-corrected chi connectivity index (χ2v) is 7.49. The van der Waals surface area contributed by atoms with E-state index in [2.05, 4.69) is 14.4 Å². The lowest BCUT2D eigenvalue weighted by atomic mass is 9.97. The van der Waals surface area contributed by atoms with Gasteiger partial charge in [-0.15, -0.1) is 11.3 Å². The molecule has 1 aromatic heterocycles. The standard InChI is InChI=1S/C11H16N2O6S2/c1-7-11(15,3-4-19-7)5-13-21(16,17)10-8(9(14)18-2)12-6-20-10/h6-7,13,15H,3-5H2,1-2H3. The molecule has 2 atom stereocenters. The summed E-state index contributed by atoms with van der Waals surface area (Å²) in [6.45, 7) is 1.84. The van der Waals surface area contributed by atoms with Crippen molar-refractivity contribution in [3.8, 4) is 0 Å². The molecule has 21 heavy (non-hydrogen) atoms. The molecular formula is C11H16N2O6S2. The number of esters is 1. The fraction of sp³-hybridized carbons (Fsp3) is 0.636. The van der Waals surface area contributed by atoms with Gasteiger partial charge in [0.1, 0.15) is 5.60 Å². The fourth-order valence-corrected chi connectivity index (χ4v) is 4.22. The third kappa shape index (κ3) is 3.24. The number of rotatable bonds is 5. The molecule has 1 aliphatic heterocycles. The Balaban J connectivity index is 2.16. The summed E-state index contributed by atoms with van der Waals surface area (Å²) >= 11 is 0.807. The second kappa shape index (κ2) is 5.97. The summed E-state index contributed by atoms with van der Waals surface area (Å²) in [6.07, 6.45) is -0.134. The molecule has 118 valence electrons. The van der Waals surface area contributed by atoms with Gasteiger partial charge in [-0.05, 0) is 6.92 Å². The van der Waals surface area contributed by atoms with Crippen molar-refractivity contribution in [2.24, 2.45) is 0 Å². The summed E-state index contributed by atoms with van der Waals surface area (Å²) in [5, 5.41) is 10.3. The molecule has 0 amide bonds. The van der Waals surface area contributed by atoms with Crippen LogP contribution in [0.1, 0.15) is 23.8 Å². The van der Waals surface area contributed by atoms with Crippen LogP contribution in [0.5, 0.6) is 0 Å². The largest absolute Gasteiger partial charge is 0.464 e. The Morgan fingerprint density at radius 2 is 2.43 bits per heavy atom. The predicted molar refractivity (Wildman–Crippen MR) is 73.6 cm³/mol. The highest BCUT2D eigenvalue weighted by Gasteiger charge is 2.41. The van der Waals surface area contributed by atoms with Crippen LogP contribution >= 0.6 is 11.3 Å². The Hall–Kier alpha value is -1.07. The molecular weight excluding hydrogens is 320 g/mol. The van der Waals surface area contributed by atoms with E-state index < -0.39 is 27.7 Å². The Morgan fingerprint density at radius 3 is 3.00 bits per heavy atom. The Morgan fingerprint density at radius 1 is 1.71 bits per heavy atom. The highest BCUT2D eigenvalue weighted by atomic mass is 32.2. The van der Waals surface area contributed by atoms with E-state index in [1.165, 1.54) is 5.51 Å². The van der Waals surface area contributed by atoms with Crippen molar-refractivity contribution in [1.82, 2.24) is 9.71 Å². The summed E-state index contributed by atoms with van der Waals surface area (Å²) in [6, 6.07) is 0. The number of hydrogen-bond donors (Lipinski definition) is 2. The molecule has 0 aromatic carbocycles. The van der Waals surface area contributed by atoms with E-state index in [0.717, 1.165) is 18.4 Å². The minimum atomic E-state index is -3.96. The van der Waals surface area contributed by atoms with Crippen molar-refractivity contribution in [1.29, 1.82) is 0 Å². The van der Waals surface area contributed by atoms with Crippen molar-refractivity contribution in [2.75, 3.05) is 20.3 Å². The number of nitrogens with one attached hydrogen (secondary N) is 1. The van der Waals surface area contributed by atoms with Crippen molar-refractivity contribution in [3.05, 3.63) is 11.2 Å². The molecule has 0 radical (unpaired) electrons. The molecule has 10 heteroatoms. The lowest BCUT2D eigenvalue weighted by Gasteiger charge is -2.25. The molecule has 8 nitrogen and oxygen atoms in total. The van der Waals surface area contributed by atoms with Crippen LogP contribution in [0.25, 0.3) is 0 Å². The molecule has 0 bridgehead atoms. The number of ether oxygens (including phenoxy) is 2. The van der Waals surface area contributed by atoms with Crippen molar-refractivity contribution in [2.45, 2.75) is 29.3 Å². The normalized spacial score (nSPS) is 26.0. The SMILES string of the molecule is COC(=O)c1ncsc1S(=O)(=O)NCC1(O)CCOC1C. The number of aliphatic hydroxyl groups is 1. The number of thiazole rings is 1. The van der Waals surface area contributed by atoms with Crippen molar-refractivity contribution in [3.63, 3.8) is 0 Å². The molecule has 1 aliphatic rings. The van der Waals surface area contributed by atoms with E-state index in [1.807, 2.05) is 0 Å². The third-order valence-electron chi connectivity index (χ3n) is 3.39. The second-order valence-electron chi connectivity index (χ2n) is 4.67. The first-order valence-electron chi connectivity index (χ1n) is 6.15. The molecule has 0 saturated carbocycles. The number of carbonyl (C=O) groups is 1. The molecule has 2 rings (SSSR count). The van der Waals surface area contributed by atoms with Gasteiger partial charge >= 0.3 is 5.97 Å². The molecule has 1 aromatic rings. The third-order valence-corrected chi connectivity index (χ3v) is 6.16. The van der Waals surface area contributed by atoms with E-state index in [4.69, 9.17) is 4.74 Å². The van der Waals surface area contributed by atoms with Gasteiger partial charge in [0.05, 0.1) is 18.7 Å². The number of nitrogens with zero attached hydrogens (tertiary/aromatic N) is 1. The van der Waals surface area contributed by atoms with Gasteiger partial charge in [0.2, 0.25) is 0 Å². The van der Waals surface area contributed by atoms with Crippen LogP contribution in [-0.2, 0) is 19.5 Å². The number of sulfonamides is 1. The van der Waals surface area contributed by atoms with E-state index in [9.17, 15) is 18.3 Å². The smallest absolute Gasteiger partial charge is 0.358 e. The molecule has 1 saturated heterocycles. The van der Waals surface area contributed by atoms with Gasteiger partial charge in [0, 0.05) is 19.6 Å². The first-order chi connectivity index (χ1) is 9.80. The predicted octanol–water partition coefficient (Wildman–Crippen LogP) is -0.252. The average molecular weight is 336 g/mol.